The largest absolute Gasteiger partial charge is 0.352 e. The molecule has 0 spiro atoms. The lowest BCUT2D eigenvalue weighted by Gasteiger charge is -2.33. The fourth-order valence-corrected chi connectivity index (χ4v) is 6.43. The van der Waals surface area contributed by atoms with Crippen LogP contribution in [0.3, 0.4) is 0 Å². The number of halogens is 1. The fraction of sp³-hybridized carbons (Fsp3) is 0.355. The Morgan fingerprint density at radius 1 is 0.900 bits per heavy atom. The zero-order valence-electron chi connectivity index (χ0n) is 22.7. The molecule has 9 heteroatoms. The highest BCUT2D eigenvalue weighted by atomic mass is 32.2. The van der Waals surface area contributed by atoms with Gasteiger partial charge in [-0.15, -0.1) is 0 Å². The van der Waals surface area contributed by atoms with E-state index < -0.39 is 34.3 Å². The van der Waals surface area contributed by atoms with E-state index in [0.29, 0.717) is 6.42 Å². The van der Waals surface area contributed by atoms with Crippen molar-refractivity contribution in [2.24, 2.45) is 0 Å². The highest BCUT2D eigenvalue weighted by Crippen LogP contribution is 2.25. The molecule has 4 rings (SSSR count). The molecule has 0 saturated heterocycles. The molecule has 212 valence electrons. The standard InChI is InChI=1S/C31H36FN3O4S/c1-24(31(37)33-27-13-7-3-8-14-27)34(22-21-25-11-5-2-6-12-25)30(36)23-35(28-19-17-26(32)18-20-28)40(38,39)29-15-9-4-10-16-29/h2,4-6,9-12,15-20,24,27H,3,7-8,13-14,21-23H2,1H3,(H,33,37)/t24-/m1/s1. The van der Waals surface area contributed by atoms with Gasteiger partial charge in [0.15, 0.2) is 0 Å². The average Bonchev–Trinajstić information content (AvgIpc) is 2.98. The van der Waals surface area contributed by atoms with E-state index in [-0.39, 0.29) is 29.1 Å². The second-order valence-electron chi connectivity index (χ2n) is 10.1. The van der Waals surface area contributed by atoms with E-state index in [1.807, 2.05) is 30.3 Å². The van der Waals surface area contributed by atoms with E-state index in [4.69, 9.17) is 0 Å². The molecule has 7 nitrogen and oxygen atoms in total. The van der Waals surface area contributed by atoms with Crippen LogP contribution in [-0.2, 0) is 26.0 Å². The zero-order valence-corrected chi connectivity index (χ0v) is 23.5. The van der Waals surface area contributed by atoms with E-state index in [0.717, 1.165) is 54.1 Å². The third kappa shape index (κ3) is 7.47. The first-order valence-corrected chi connectivity index (χ1v) is 15.2. The van der Waals surface area contributed by atoms with E-state index in [1.165, 1.54) is 29.2 Å². The lowest BCUT2D eigenvalue weighted by Crippen LogP contribution is -2.53. The van der Waals surface area contributed by atoms with E-state index in [2.05, 4.69) is 5.32 Å². The van der Waals surface area contributed by atoms with Gasteiger partial charge in [-0.25, -0.2) is 12.8 Å². The normalized spacial score (nSPS) is 14.8. The van der Waals surface area contributed by atoms with Gasteiger partial charge in [-0.1, -0.05) is 67.8 Å². The molecule has 3 aromatic rings. The average molecular weight is 566 g/mol. The molecule has 0 aromatic heterocycles. The van der Waals surface area contributed by atoms with E-state index >= 15 is 0 Å². The van der Waals surface area contributed by atoms with Crippen LogP contribution in [0.5, 0.6) is 0 Å². The van der Waals surface area contributed by atoms with Crippen LogP contribution < -0.4 is 9.62 Å². The highest BCUT2D eigenvalue weighted by Gasteiger charge is 2.33. The summed E-state index contributed by atoms with van der Waals surface area (Å²) in [5, 5.41) is 3.09. The zero-order chi connectivity index (χ0) is 28.5. The summed E-state index contributed by atoms with van der Waals surface area (Å²) in [6.07, 6.45) is 5.57. The predicted molar refractivity (Wildman–Crippen MR) is 154 cm³/mol. The molecule has 1 atom stereocenters. The molecule has 40 heavy (non-hydrogen) atoms. The van der Waals surface area contributed by atoms with Crippen LogP contribution in [0, 0.1) is 5.82 Å². The first-order chi connectivity index (χ1) is 19.3. The van der Waals surface area contributed by atoms with Gasteiger partial charge in [0.2, 0.25) is 11.8 Å². The molecule has 1 aliphatic rings. The smallest absolute Gasteiger partial charge is 0.264 e. The summed E-state index contributed by atoms with van der Waals surface area (Å²) < 4.78 is 42.1. The molecular formula is C31H36FN3O4S. The van der Waals surface area contributed by atoms with Gasteiger partial charge in [-0.05, 0) is 68.1 Å². The summed E-state index contributed by atoms with van der Waals surface area (Å²) in [6.45, 7) is 1.36. The predicted octanol–water partition coefficient (Wildman–Crippen LogP) is 4.93. The van der Waals surface area contributed by atoms with Gasteiger partial charge in [0.05, 0.1) is 10.6 Å². The van der Waals surface area contributed by atoms with Gasteiger partial charge in [0.1, 0.15) is 18.4 Å². The lowest BCUT2D eigenvalue weighted by atomic mass is 9.95. The Morgan fingerprint density at radius 3 is 2.12 bits per heavy atom. The third-order valence-corrected chi connectivity index (χ3v) is 9.12. The maximum absolute atomic E-state index is 13.9. The van der Waals surface area contributed by atoms with Crippen molar-refractivity contribution >= 4 is 27.5 Å². The first kappa shape index (κ1) is 29.3. The monoisotopic (exact) mass is 565 g/mol. The molecule has 0 radical (unpaired) electrons. The van der Waals surface area contributed by atoms with Gasteiger partial charge in [-0.2, -0.15) is 0 Å². The maximum atomic E-state index is 13.9. The lowest BCUT2D eigenvalue weighted by molar-refractivity contribution is -0.139. The maximum Gasteiger partial charge on any atom is 0.264 e. The van der Waals surface area contributed by atoms with Crippen molar-refractivity contribution < 1.29 is 22.4 Å². The number of sulfonamides is 1. The topological polar surface area (TPSA) is 86.8 Å². The molecule has 1 aliphatic carbocycles. The summed E-state index contributed by atoms with van der Waals surface area (Å²) in [4.78, 5) is 28.7. The number of nitrogens with one attached hydrogen (secondary N) is 1. The number of nitrogens with zero attached hydrogens (tertiary/aromatic N) is 2. The van der Waals surface area contributed by atoms with Gasteiger partial charge in [0, 0.05) is 12.6 Å². The van der Waals surface area contributed by atoms with Crippen molar-refractivity contribution in [1.82, 2.24) is 10.2 Å². The number of rotatable bonds is 11. The quantitative estimate of drug-likeness (QED) is 0.357. The van der Waals surface area contributed by atoms with Gasteiger partial charge < -0.3 is 10.2 Å². The fourth-order valence-electron chi connectivity index (χ4n) is 4.99. The molecule has 1 fully saturated rings. The number of carbonyl (C=O) groups excluding carboxylic acids is 2. The molecule has 0 unspecified atom stereocenters. The summed E-state index contributed by atoms with van der Waals surface area (Å²) in [6, 6.07) is 21.6. The second kappa shape index (κ2) is 13.6. The van der Waals surface area contributed by atoms with Crippen molar-refractivity contribution in [2.75, 3.05) is 17.4 Å². The van der Waals surface area contributed by atoms with Crippen molar-refractivity contribution in [1.29, 1.82) is 0 Å². The van der Waals surface area contributed by atoms with Crippen molar-refractivity contribution in [2.45, 2.75) is 62.4 Å². The molecule has 3 aromatic carbocycles. The number of anilines is 1. The number of amides is 2. The Morgan fingerprint density at radius 2 is 1.50 bits per heavy atom. The number of benzene rings is 3. The molecule has 1 N–H and O–H groups in total. The van der Waals surface area contributed by atoms with Gasteiger partial charge in [0.25, 0.3) is 10.0 Å². The first-order valence-electron chi connectivity index (χ1n) is 13.7. The number of hydrogen-bond donors (Lipinski definition) is 1. The third-order valence-electron chi connectivity index (χ3n) is 7.33. The van der Waals surface area contributed by atoms with Crippen LogP contribution in [-0.4, -0.2) is 50.3 Å². The molecule has 0 bridgehead atoms. The molecule has 2 amide bonds. The summed E-state index contributed by atoms with van der Waals surface area (Å²) in [5.41, 5.74) is 1.15. The van der Waals surface area contributed by atoms with Gasteiger partial charge >= 0.3 is 0 Å². The second-order valence-corrected chi connectivity index (χ2v) is 12.0. The molecular weight excluding hydrogens is 529 g/mol. The van der Waals surface area contributed by atoms with Crippen LogP contribution in [0.4, 0.5) is 10.1 Å². The van der Waals surface area contributed by atoms with E-state index in [9.17, 15) is 22.4 Å². The Kier molecular flexibility index (Phi) is 9.93. The van der Waals surface area contributed by atoms with Gasteiger partial charge in [-0.3, -0.25) is 13.9 Å². The van der Waals surface area contributed by atoms with Crippen LogP contribution >= 0.6 is 0 Å². The summed E-state index contributed by atoms with van der Waals surface area (Å²) in [5.74, 6) is -1.30. The highest BCUT2D eigenvalue weighted by molar-refractivity contribution is 7.92. The Hall–Kier alpha value is -3.72. The van der Waals surface area contributed by atoms with Crippen LogP contribution in [0.25, 0.3) is 0 Å². The minimum atomic E-state index is -4.17. The Labute approximate surface area is 236 Å². The Bertz CT molecular complexity index is 1360. The van der Waals surface area contributed by atoms with E-state index in [1.54, 1.807) is 25.1 Å². The molecule has 0 heterocycles. The minimum Gasteiger partial charge on any atom is -0.352 e. The Balaban J connectivity index is 1.62. The molecule has 1 saturated carbocycles. The van der Waals surface area contributed by atoms with Crippen molar-refractivity contribution in [3.05, 3.63) is 96.3 Å². The van der Waals surface area contributed by atoms with Crippen LogP contribution in [0.1, 0.15) is 44.6 Å². The summed E-state index contributed by atoms with van der Waals surface area (Å²) >= 11 is 0. The van der Waals surface area contributed by atoms with Crippen molar-refractivity contribution in [3.63, 3.8) is 0 Å². The SMILES string of the molecule is C[C@H](C(=O)NC1CCCCC1)N(CCc1ccccc1)C(=O)CN(c1ccc(F)cc1)S(=O)(=O)c1ccccc1. The number of carbonyl (C=O) groups is 2. The summed E-state index contributed by atoms with van der Waals surface area (Å²) in [7, 11) is -4.17. The van der Waals surface area contributed by atoms with Crippen LogP contribution in [0.15, 0.2) is 89.8 Å². The molecule has 0 aliphatic heterocycles. The minimum absolute atomic E-state index is 0.00560. The van der Waals surface area contributed by atoms with Crippen molar-refractivity contribution in [3.8, 4) is 0 Å². The van der Waals surface area contributed by atoms with Crippen LogP contribution in [0.2, 0.25) is 0 Å². The number of hydrogen-bond acceptors (Lipinski definition) is 4.